The second-order valence-corrected chi connectivity index (χ2v) is 0.658. The van der Waals surface area contributed by atoms with Crippen molar-refractivity contribution >= 4 is 0 Å². The number of rotatable bonds is 1. The molecule has 0 bridgehead atoms. The Labute approximate surface area is 45.7 Å². The molecule has 0 rings (SSSR count). The quantitative estimate of drug-likeness (QED) is 0.453. The zero-order valence-corrected chi connectivity index (χ0v) is 5.60. The van der Waals surface area contributed by atoms with Gasteiger partial charge in [0.15, 0.2) is 0 Å². The summed E-state index contributed by atoms with van der Waals surface area (Å²) in [6.07, 6.45) is 0. The highest BCUT2D eigenvalue weighted by Crippen LogP contribution is 1.62. The summed E-state index contributed by atoms with van der Waals surface area (Å²) >= 11 is 0. The molecule has 0 aromatic carbocycles. The smallest absolute Gasteiger partial charge is 0.0570 e. The second-order valence-electron chi connectivity index (χ2n) is 0.658. The van der Waals surface area contributed by atoms with Crippen LogP contribution in [0, 0.1) is 0 Å². The zero-order chi connectivity index (χ0) is 6.12. The lowest BCUT2D eigenvalue weighted by molar-refractivity contribution is 0.976. The molecule has 0 heterocycles. The van der Waals surface area contributed by atoms with Crippen molar-refractivity contribution in [3.8, 4) is 0 Å². The van der Waals surface area contributed by atoms with E-state index in [0.717, 1.165) is 6.54 Å². The Bertz CT molecular complexity index is 33.1. The van der Waals surface area contributed by atoms with Gasteiger partial charge >= 0.3 is 0 Å². The van der Waals surface area contributed by atoms with Crippen molar-refractivity contribution in [1.82, 2.24) is 0 Å². The Balaban J connectivity index is 0. The molecule has 0 N–H and O–H groups in total. The summed E-state index contributed by atoms with van der Waals surface area (Å²) in [4.78, 5) is 0. The Morgan fingerprint density at radius 1 is 1.29 bits per heavy atom. The first-order valence-corrected chi connectivity index (χ1v) is 2.67. The summed E-state index contributed by atoms with van der Waals surface area (Å²) < 4.78 is 0. The first kappa shape index (κ1) is 9.78. The molecule has 0 saturated carbocycles. The lowest BCUT2D eigenvalue weighted by atomic mass is 10.8. The molecule has 0 spiro atoms. The minimum absolute atomic E-state index is 0.802. The highest BCUT2D eigenvalue weighted by Gasteiger charge is 1.52. The summed E-state index contributed by atoms with van der Waals surface area (Å²) in [6.45, 7) is 6.75. The van der Waals surface area contributed by atoms with E-state index in [4.69, 9.17) is 0 Å². The zero-order valence-electron chi connectivity index (χ0n) is 5.60. The standard InChI is InChI=1S/C3H8N2.C2H6/c1-3-5-4-2;1-2/h3H2,1-2H3;1-2H3. The van der Waals surface area contributed by atoms with Crippen LogP contribution in [-0.4, -0.2) is 13.6 Å². The van der Waals surface area contributed by atoms with Gasteiger partial charge in [0.2, 0.25) is 0 Å². The van der Waals surface area contributed by atoms with Crippen LogP contribution in [0.15, 0.2) is 10.2 Å². The molecule has 0 aliphatic heterocycles. The number of hydrogen-bond acceptors (Lipinski definition) is 2. The van der Waals surface area contributed by atoms with Gasteiger partial charge in [0.05, 0.1) is 6.54 Å². The predicted octanol–water partition coefficient (Wildman–Crippen LogP) is 2.11. The van der Waals surface area contributed by atoms with E-state index in [9.17, 15) is 0 Å². The van der Waals surface area contributed by atoms with Crippen molar-refractivity contribution < 1.29 is 0 Å². The molecule has 0 aromatic rings. The van der Waals surface area contributed by atoms with Crippen molar-refractivity contribution in [3.63, 3.8) is 0 Å². The molecular weight excluding hydrogens is 88.1 g/mol. The summed E-state index contributed by atoms with van der Waals surface area (Å²) in [5.74, 6) is 0. The largest absolute Gasteiger partial charge is 0.198 e. The van der Waals surface area contributed by atoms with E-state index >= 15 is 0 Å². The first-order valence-electron chi connectivity index (χ1n) is 2.67. The van der Waals surface area contributed by atoms with E-state index in [1.807, 2.05) is 20.8 Å². The van der Waals surface area contributed by atoms with Gasteiger partial charge < -0.3 is 0 Å². The van der Waals surface area contributed by atoms with Gasteiger partial charge in [-0.3, -0.25) is 0 Å². The molecule has 0 saturated heterocycles. The topological polar surface area (TPSA) is 24.7 Å². The van der Waals surface area contributed by atoms with E-state index < -0.39 is 0 Å². The SMILES string of the molecule is CC.CCN=NC. The molecular formula is C5H14N2. The molecule has 44 valence electrons. The van der Waals surface area contributed by atoms with E-state index in [1.54, 1.807) is 7.05 Å². The Hall–Kier alpha value is -0.400. The van der Waals surface area contributed by atoms with Gasteiger partial charge in [0.25, 0.3) is 0 Å². The lowest BCUT2D eigenvalue weighted by Crippen LogP contribution is -1.57. The lowest BCUT2D eigenvalue weighted by Gasteiger charge is -1.66. The van der Waals surface area contributed by atoms with Gasteiger partial charge in [-0.1, -0.05) is 13.8 Å². The number of nitrogens with zero attached hydrogens (tertiary/aromatic N) is 2. The molecule has 2 nitrogen and oxygen atoms in total. The first-order chi connectivity index (χ1) is 3.41. The summed E-state index contributed by atoms with van der Waals surface area (Å²) in [6, 6.07) is 0. The predicted molar refractivity (Wildman–Crippen MR) is 32.7 cm³/mol. The third kappa shape index (κ3) is 28.3. The second kappa shape index (κ2) is 17.5. The van der Waals surface area contributed by atoms with Crippen LogP contribution in [0.5, 0.6) is 0 Å². The van der Waals surface area contributed by atoms with Gasteiger partial charge in [-0.05, 0) is 6.92 Å². The van der Waals surface area contributed by atoms with Crippen molar-refractivity contribution in [2.75, 3.05) is 13.6 Å². The highest BCUT2D eigenvalue weighted by atomic mass is 15.1. The van der Waals surface area contributed by atoms with Crippen LogP contribution in [0.3, 0.4) is 0 Å². The summed E-state index contributed by atoms with van der Waals surface area (Å²) in [5, 5.41) is 7.08. The van der Waals surface area contributed by atoms with E-state index in [0.29, 0.717) is 0 Å². The fourth-order valence-corrected chi connectivity index (χ4v) is 0.141. The molecule has 2 heteroatoms. The Morgan fingerprint density at radius 3 is 1.71 bits per heavy atom. The van der Waals surface area contributed by atoms with Crippen molar-refractivity contribution in [3.05, 3.63) is 0 Å². The van der Waals surface area contributed by atoms with Crippen LogP contribution in [0.25, 0.3) is 0 Å². The normalized spacial score (nSPS) is 8.00. The van der Waals surface area contributed by atoms with E-state index in [1.165, 1.54) is 0 Å². The van der Waals surface area contributed by atoms with Crippen LogP contribution in [0.1, 0.15) is 20.8 Å². The fourth-order valence-electron chi connectivity index (χ4n) is 0.141. The maximum absolute atomic E-state index is 3.60. The third-order valence-electron chi connectivity index (χ3n) is 0.283. The van der Waals surface area contributed by atoms with Crippen LogP contribution in [-0.2, 0) is 0 Å². The number of azo groups is 1. The van der Waals surface area contributed by atoms with Gasteiger partial charge in [-0.2, -0.15) is 10.2 Å². The van der Waals surface area contributed by atoms with Gasteiger partial charge in [0.1, 0.15) is 0 Å². The maximum atomic E-state index is 3.60. The van der Waals surface area contributed by atoms with Crippen LogP contribution < -0.4 is 0 Å². The minimum atomic E-state index is 0.802. The fraction of sp³-hybridized carbons (Fsp3) is 1.00. The van der Waals surface area contributed by atoms with Gasteiger partial charge in [-0.15, -0.1) is 0 Å². The average Bonchev–Trinajstić information content (AvgIpc) is 1.75. The minimum Gasteiger partial charge on any atom is -0.198 e. The Morgan fingerprint density at radius 2 is 1.71 bits per heavy atom. The van der Waals surface area contributed by atoms with Gasteiger partial charge in [0, 0.05) is 7.05 Å². The average molecular weight is 102 g/mol. The molecule has 0 aromatic heterocycles. The molecule has 0 fully saturated rings. The molecule has 0 radical (unpaired) electrons. The van der Waals surface area contributed by atoms with Crippen LogP contribution in [0.4, 0.5) is 0 Å². The number of hydrogen-bond donors (Lipinski definition) is 0. The summed E-state index contributed by atoms with van der Waals surface area (Å²) in [7, 11) is 1.67. The monoisotopic (exact) mass is 102 g/mol. The van der Waals surface area contributed by atoms with Gasteiger partial charge in [-0.25, -0.2) is 0 Å². The van der Waals surface area contributed by atoms with Crippen molar-refractivity contribution in [2.45, 2.75) is 20.8 Å². The van der Waals surface area contributed by atoms with E-state index in [2.05, 4.69) is 10.2 Å². The molecule has 0 atom stereocenters. The molecule has 0 aliphatic carbocycles. The third-order valence-corrected chi connectivity index (χ3v) is 0.283. The van der Waals surface area contributed by atoms with Crippen LogP contribution in [0.2, 0.25) is 0 Å². The highest BCUT2D eigenvalue weighted by molar-refractivity contribution is 4.16. The molecule has 0 aliphatic rings. The molecule has 0 amide bonds. The van der Waals surface area contributed by atoms with Crippen LogP contribution >= 0.6 is 0 Å². The van der Waals surface area contributed by atoms with Crippen molar-refractivity contribution in [1.29, 1.82) is 0 Å². The molecule has 0 unspecified atom stereocenters. The van der Waals surface area contributed by atoms with Crippen molar-refractivity contribution in [2.24, 2.45) is 10.2 Å². The molecule has 7 heavy (non-hydrogen) atoms. The van der Waals surface area contributed by atoms with E-state index in [-0.39, 0.29) is 0 Å². The maximum Gasteiger partial charge on any atom is 0.0570 e. The summed E-state index contributed by atoms with van der Waals surface area (Å²) in [5.41, 5.74) is 0. The Kier molecular flexibility index (Phi) is 24.5.